The largest absolute Gasteiger partial charge is 0.400 e. The zero-order chi connectivity index (χ0) is 27.7. The van der Waals surface area contributed by atoms with Crippen LogP contribution in [0.1, 0.15) is 35.2 Å². The van der Waals surface area contributed by atoms with Gasteiger partial charge in [-0.15, -0.1) is 0 Å². The fourth-order valence-electron chi connectivity index (χ4n) is 4.83. The monoisotopic (exact) mass is 518 g/mol. The van der Waals surface area contributed by atoms with Crippen LogP contribution in [0.4, 0.5) is 0 Å². The number of nitrogens with zero attached hydrogens (tertiary/aromatic N) is 3. The number of benzene rings is 3. The number of hydrogen-bond donors (Lipinski definition) is 2. The SMILES string of the molecule is CN1CCCC1C(N)=O.CO.O=CCCn1c(=O)n(Cc2cccc3ccccc23)c2ccc(C=O)cc21. The van der Waals surface area contributed by atoms with Gasteiger partial charge >= 0.3 is 5.69 Å². The molecule has 3 N–H and O–H groups in total. The lowest BCUT2D eigenvalue weighted by molar-refractivity contribution is -0.121. The average Bonchev–Trinajstić information content (AvgIpc) is 3.49. The summed E-state index contributed by atoms with van der Waals surface area (Å²) in [6.45, 7) is 1.72. The molecule has 1 atom stereocenters. The van der Waals surface area contributed by atoms with E-state index in [0.29, 0.717) is 24.2 Å². The number of likely N-dealkylation sites (N-methyl/N-ethyl adjacent to an activating group) is 1. The third-order valence-electron chi connectivity index (χ3n) is 6.71. The van der Waals surface area contributed by atoms with E-state index in [1.54, 1.807) is 27.3 Å². The van der Waals surface area contributed by atoms with Crippen LogP contribution in [-0.2, 0) is 22.7 Å². The number of aliphatic hydroxyl groups is 1. The Morgan fingerprint density at radius 2 is 1.76 bits per heavy atom. The van der Waals surface area contributed by atoms with E-state index in [9.17, 15) is 19.2 Å². The number of nitrogens with two attached hydrogens (primary N) is 1. The summed E-state index contributed by atoms with van der Waals surface area (Å²) < 4.78 is 3.28. The number of amides is 1. The van der Waals surface area contributed by atoms with Crippen molar-refractivity contribution in [3.63, 3.8) is 0 Å². The second-order valence-corrected chi connectivity index (χ2v) is 9.02. The fourth-order valence-corrected chi connectivity index (χ4v) is 4.83. The summed E-state index contributed by atoms with van der Waals surface area (Å²) in [5.41, 5.74) is 7.91. The maximum atomic E-state index is 13.1. The minimum absolute atomic E-state index is 0.00463. The summed E-state index contributed by atoms with van der Waals surface area (Å²) in [7, 11) is 2.93. The summed E-state index contributed by atoms with van der Waals surface area (Å²) in [6, 6.07) is 19.3. The normalized spacial score (nSPS) is 14.9. The van der Waals surface area contributed by atoms with Gasteiger partial charge in [-0.1, -0.05) is 42.5 Å². The topological polar surface area (TPSA) is 128 Å². The number of rotatable bonds is 7. The highest BCUT2D eigenvalue weighted by atomic mass is 16.2. The highest BCUT2D eigenvalue weighted by Crippen LogP contribution is 2.22. The molecule has 1 saturated heterocycles. The number of carbonyl (C=O) groups is 3. The Labute approximate surface area is 221 Å². The Bertz CT molecular complexity index is 1470. The van der Waals surface area contributed by atoms with Crippen LogP contribution in [0.5, 0.6) is 0 Å². The van der Waals surface area contributed by atoms with Gasteiger partial charge in [0.05, 0.1) is 23.6 Å². The maximum absolute atomic E-state index is 13.1. The standard InChI is InChI=1S/C22H18N2O3.C6H12N2O.CH4O/c25-12-4-11-23-21-13-16(15-26)9-10-20(21)24(22(23)27)14-18-7-3-6-17-5-1-2-8-19(17)18;1-8-4-2-3-5(8)6(7)9;1-2/h1-3,5-10,12-13,15H,4,11,14H2;5H,2-4H2,1H3,(H2,7,9);2H,1H3. The van der Waals surface area contributed by atoms with Crippen molar-refractivity contribution in [3.8, 4) is 0 Å². The van der Waals surface area contributed by atoms with Crippen molar-refractivity contribution in [2.75, 3.05) is 20.7 Å². The first-order valence-corrected chi connectivity index (χ1v) is 12.5. The molecule has 5 rings (SSSR count). The molecular formula is C29H34N4O5. The molecule has 2 heterocycles. The molecule has 38 heavy (non-hydrogen) atoms. The van der Waals surface area contributed by atoms with Crippen molar-refractivity contribution in [1.29, 1.82) is 0 Å². The van der Waals surface area contributed by atoms with Crippen molar-refractivity contribution >= 4 is 40.3 Å². The van der Waals surface area contributed by atoms with Crippen LogP contribution in [0.3, 0.4) is 0 Å². The molecular weight excluding hydrogens is 484 g/mol. The van der Waals surface area contributed by atoms with E-state index in [-0.39, 0.29) is 24.1 Å². The molecule has 0 radical (unpaired) electrons. The van der Waals surface area contributed by atoms with Crippen LogP contribution < -0.4 is 11.4 Å². The number of aliphatic hydroxyl groups excluding tert-OH is 1. The smallest absolute Gasteiger partial charge is 0.329 e. The van der Waals surface area contributed by atoms with Crippen molar-refractivity contribution in [3.05, 3.63) is 82.3 Å². The number of aldehydes is 2. The second kappa shape index (κ2) is 13.5. The molecule has 0 aliphatic carbocycles. The van der Waals surface area contributed by atoms with E-state index in [4.69, 9.17) is 10.8 Å². The Morgan fingerprint density at radius 1 is 1.03 bits per heavy atom. The lowest BCUT2D eigenvalue weighted by Gasteiger charge is -2.14. The van der Waals surface area contributed by atoms with E-state index < -0.39 is 0 Å². The van der Waals surface area contributed by atoms with Gasteiger partial charge in [0.25, 0.3) is 0 Å². The number of aromatic nitrogens is 2. The Hall–Kier alpha value is -4.08. The highest BCUT2D eigenvalue weighted by Gasteiger charge is 2.25. The quantitative estimate of drug-likeness (QED) is 0.362. The number of likely N-dealkylation sites (tertiary alicyclic amines) is 1. The van der Waals surface area contributed by atoms with Crippen LogP contribution in [0.2, 0.25) is 0 Å². The van der Waals surface area contributed by atoms with Crippen LogP contribution >= 0.6 is 0 Å². The summed E-state index contributed by atoms with van der Waals surface area (Å²) in [6.07, 6.45) is 3.84. The number of imidazole rings is 1. The predicted molar refractivity (Wildman–Crippen MR) is 148 cm³/mol. The molecule has 9 nitrogen and oxygen atoms in total. The molecule has 0 spiro atoms. The lowest BCUT2D eigenvalue weighted by Crippen LogP contribution is -2.37. The maximum Gasteiger partial charge on any atom is 0.329 e. The summed E-state index contributed by atoms with van der Waals surface area (Å²) in [4.78, 5) is 47.6. The first-order chi connectivity index (χ1) is 18.4. The van der Waals surface area contributed by atoms with Gasteiger partial charge in [-0.25, -0.2) is 4.79 Å². The van der Waals surface area contributed by atoms with Gasteiger partial charge in [0.15, 0.2) is 0 Å². The Balaban J connectivity index is 0.000000307. The van der Waals surface area contributed by atoms with E-state index >= 15 is 0 Å². The van der Waals surface area contributed by atoms with Gasteiger partial charge in [-0.2, -0.15) is 0 Å². The van der Waals surface area contributed by atoms with Crippen LogP contribution in [0, 0.1) is 0 Å². The third-order valence-corrected chi connectivity index (χ3v) is 6.71. The van der Waals surface area contributed by atoms with Gasteiger partial charge in [0.2, 0.25) is 5.91 Å². The van der Waals surface area contributed by atoms with E-state index in [0.717, 1.165) is 60.9 Å². The first kappa shape index (κ1) is 28.5. The number of hydrogen-bond acceptors (Lipinski definition) is 6. The van der Waals surface area contributed by atoms with Gasteiger partial charge in [0.1, 0.15) is 12.6 Å². The first-order valence-electron chi connectivity index (χ1n) is 12.5. The van der Waals surface area contributed by atoms with Gasteiger partial charge in [-0.3, -0.25) is 23.6 Å². The second-order valence-electron chi connectivity index (χ2n) is 9.02. The summed E-state index contributed by atoms with van der Waals surface area (Å²) >= 11 is 0. The zero-order valence-electron chi connectivity index (χ0n) is 21.7. The molecule has 4 aromatic rings. The molecule has 3 aromatic carbocycles. The molecule has 1 unspecified atom stereocenters. The van der Waals surface area contributed by atoms with Crippen molar-refractivity contribution in [1.82, 2.24) is 14.0 Å². The van der Waals surface area contributed by atoms with Crippen molar-refractivity contribution < 1.29 is 19.5 Å². The highest BCUT2D eigenvalue weighted by molar-refractivity contribution is 5.87. The number of aryl methyl sites for hydroxylation is 1. The Kier molecular flexibility index (Phi) is 10.1. The molecule has 1 amide bonds. The predicted octanol–water partition coefficient (Wildman–Crippen LogP) is 2.58. The summed E-state index contributed by atoms with van der Waals surface area (Å²) in [5, 5.41) is 9.22. The minimum Gasteiger partial charge on any atom is -0.400 e. The Morgan fingerprint density at radius 3 is 2.39 bits per heavy atom. The number of carbonyl (C=O) groups excluding carboxylic acids is 3. The third kappa shape index (κ3) is 6.24. The molecule has 1 aromatic heterocycles. The van der Waals surface area contributed by atoms with Crippen molar-refractivity contribution in [2.24, 2.45) is 5.73 Å². The molecule has 1 fully saturated rings. The molecule has 1 aliphatic rings. The van der Waals surface area contributed by atoms with Crippen molar-refractivity contribution in [2.45, 2.75) is 38.4 Å². The molecule has 200 valence electrons. The van der Waals surface area contributed by atoms with Gasteiger partial charge in [0, 0.05) is 25.6 Å². The molecule has 0 saturated carbocycles. The molecule has 0 bridgehead atoms. The minimum atomic E-state index is -0.185. The lowest BCUT2D eigenvalue weighted by atomic mass is 10.0. The zero-order valence-corrected chi connectivity index (χ0v) is 21.7. The molecule has 9 heteroatoms. The van der Waals surface area contributed by atoms with Gasteiger partial charge < -0.3 is 15.6 Å². The average molecular weight is 519 g/mol. The van der Waals surface area contributed by atoms with E-state index in [1.807, 2.05) is 54.4 Å². The number of primary amides is 1. The van der Waals surface area contributed by atoms with Crippen LogP contribution in [0.25, 0.3) is 21.8 Å². The molecule has 1 aliphatic heterocycles. The fraction of sp³-hybridized carbons (Fsp3) is 0.310. The van der Waals surface area contributed by atoms with E-state index in [2.05, 4.69) is 0 Å². The van der Waals surface area contributed by atoms with Crippen LogP contribution in [0.15, 0.2) is 65.5 Å². The summed E-state index contributed by atoms with van der Waals surface area (Å²) in [5.74, 6) is -0.185. The van der Waals surface area contributed by atoms with E-state index in [1.165, 1.54) is 0 Å². The number of fused-ring (bicyclic) bond motifs is 2. The van der Waals surface area contributed by atoms with Gasteiger partial charge in [-0.05, 0) is 61.0 Å². The van der Waals surface area contributed by atoms with Crippen LogP contribution in [-0.4, -0.2) is 64.4 Å².